The summed E-state index contributed by atoms with van der Waals surface area (Å²) in [7, 11) is 1.28. The second-order valence-corrected chi connectivity index (χ2v) is 31.5. The number of alkyl carbamates (subject to hydrolysis) is 1. The molecule has 0 radical (unpaired) electrons. The number of phenolic OH excluding ortho intramolecular Hbond substituents is 3. The Kier molecular flexibility index (Phi) is 21.8. The van der Waals surface area contributed by atoms with E-state index in [-0.39, 0.29) is 91.7 Å². The van der Waals surface area contributed by atoms with E-state index in [1.807, 2.05) is 0 Å². The molecule has 15 bridgehead atoms. The number of likely N-dealkylation sites (N-methyl/N-ethyl adjacent to an activating group) is 1. The maximum Gasteiger partial charge on any atom is 0.410 e. The number of nitrogens with two attached hydrogens (primary N) is 1. The van der Waals surface area contributed by atoms with E-state index in [0.717, 1.165) is 91.6 Å². The molecule has 6 fully saturated rings. The van der Waals surface area contributed by atoms with Gasteiger partial charge in [0, 0.05) is 30.3 Å². The first kappa shape index (κ1) is 77.7. The molecule has 2 saturated heterocycles. The molecular formula is C75H84Cl2N10O23. The Morgan fingerprint density at radius 3 is 1.87 bits per heavy atom. The number of hydrogen-bond donors (Lipinski definition) is 16. The number of aliphatic hydroxyl groups excluding tert-OH is 4. The number of phenols is 3. The average molecular weight is 1560 g/mol. The molecule has 7 aliphatic heterocycles. The number of primary amides is 1. The lowest BCUT2D eigenvalue weighted by Gasteiger charge is -2.54. The number of carbonyl (C=O) groups is 10. The van der Waals surface area contributed by atoms with Gasteiger partial charge in [-0.1, -0.05) is 55.2 Å². The number of rotatable bonds is 11. The van der Waals surface area contributed by atoms with Crippen LogP contribution in [0.5, 0.6) is 46.0 Å². The van der Waals surface area contributed by atoms with Gasteiger partial charge in [-0.25, -0.2) is 9.59 Å². The van der Waals surface area contributed by atoms with Crippen molar-refractivity contribution in [3.8, 4) is 57.1 Å². The second-order valence-electron chi connectivity index (χ2n) is 30.6. The number of nitrogens with zero attached hydrogens (tertiary/aromatic N) is 1. The number of benzene rings is 5. The first-order chi connectivity index (χ1) is 52.0. The molecule has 11 aliphatic rings. The lowest BCUT2D eigenvalue weighted by molar-refractivity contribution is -0.275. The summed E-state index contributed by atoms with van der Waals surface area (Å²) in [5.74, 6) is -13.6. The summed E-state index contributed by atoms with van der Waals surface area (Å²) in [6.45, 7) is 8.00. The van der Waals surface area contributed by atoms with Crippen molar-refractivity contribution in [1.29, 1.82) is 0 Å². The molecule has 33 nitrogen and oxygen atoms in total. The highest BCUT2D eigenvalue weighted by Crippen LogP contribution is 2.55. The van der Waals surface area contributed by atoms with Crippen molar-refractivity contribution in [2.75, 3.05) is 13.6 Å². The van der Waals surface area contributed by atoms with Crippen LogP contribution < -0.4 is 62.5 Å². The number of carbonyl (C=O) groups excluding carboxylic acids is 10. The molecule has 110 heavy (non-hydrogen) atoms. The molecule has 17 N–H and O–H groups in total. The molecule has 5 aromatic rings. The zero-order valence-corrected chi connectivity index (χ0v) is 61.7. The predicted molar refractivity (Wildman–Crippen MR) is 384 cm³/mol. The Hall–Kier alpha value is -10.4. The Labute approximate surface area is 638 Å². The lowest BCUT2D eigenvalue weighted by atomic mass is 9.54. The van der Waals surface area contributed by atoms with Crippen molar-refractivity contribution in [2.45, 2.75) is 176 Å². The van der Waals surface area contributed by atoms with Crippen LogP contribution in [-0.4, -0.2) is 180 Å². The molecule has 10 amide bonds. The quantitative estimate of drug-likeness (QED) is 0.0884. The van der Waals surface area contributed by atoms with Crippen LogP contribution in [0, 0.1) is 29.6 Å². The third-order valence-corrected chi connectivity index (χ3v) is 21.8. The third-order valence-electron chi connectivity index (χ3n) is 21.2. The van der Waals surface area contributed by atoms with Crippen LogP contribution >= 0.6 is 23.2 Å². The predicted octanol–water partition coefficient (Wildman–Crippen LogP) is 4.13. The van der Waals surface area contributed by atoms with Crippen molar-refractivity contribution in [3.05, 3.63) is 117 Å². The van der Waals surface area contributed by atoms with Crippen LogP contribution in [-0.2, 0) is 52.6 Å². The first-order valence-electron chi connectivity index (χ1n) is 35.9. The smallest absolute Gasteiger partial charge is 0.410 e. The zero-order valence-electron chi connectivity index (χ0n) is 60.2. The minimum absolute atomic E-state index is 0.0444. The number of nitrogens with one attached hydrogen (secondary N) is 8. The zero-order chi connectivity index (χ0) is 79.0. The van der Waals surface area contributed by atoms with E-state index in [2.05, 4.69) is 42.5 Å². The van der Waals surface area contributed by atoms with Gasteiger partial charge in [-0.2, -0.15) is 0 Å². The minimum Gasteiger partial charge on any atom is -0.508 e. The molecule has 0 spiro atoms. The Balaban J connectivity index is 0.986. The van der Waals surface area contributed by atoms with E-state index < -0.39 is 197 Å². The molecule has 35 heteroatoms. The van der Waals surface area contributed by atoms with Crippen LogP contribution in [0.15, 0.2) is 78.9 Å². The van der Waals surface area contributed by atoms with E-state index in [1.165, 1.54) is 31.3 Å². The molecule has 0 unspecified atom stereocenters. The fraction of sp³-hybridized carbons (Fsp3) is 0.467. The van der Waals surface area contributed by atoms with E-state index in [9.17, 15) is 54.9 Å². The molecule has 7 heterocycles. The monoisotopic (exact) mass is 1560 g/mol. The molecule has 14 atom stereocenters. The highest BCUT2D eigenvalue weighted by molar-refractivity contribution is 6.32. The van der Waals surface area contributed by atoms with Crippen LogP contribution in [0.1, 0.15) is 138 Å². The van der Waals surface area contributed by atoms with E-state index in [1.54, 1.807) is 34.6 Å². The van der Waals surface area contributed by atoms with E-state index >= 15 is 28.8 Å². The SMILES string of the molecule is CC(C)C[C@H](C(=O)N[C@H]1C(=O)N[C@@H](CC(N)=O)C(=O)N[C@H]2C(=O)N[C@H]3C(=O)N[C@H](C(=O)N[C@H](C(=O)NC4C5CC6CC(C5)CC4C6)c4cc(O)cc(O)c4-c4cc3ccc4O)[C@H](O)c3ccc(c(Cl)c3)Oc3cc2cc(c3O[C@@H]2O[C@@H]3CNC(=O)O[C@H]3[C@H](O)[C@H]2O)Oc2ccc(cc2Cl)[C@H]1O)N(C)C(=O)OC(C)(C)C. The molecule has 16 rings (SSSR count). The molecule has 0 aromatic heterocycles. The summed E-state index contributed by atoms with van der Waals surface area (Å²) in [5.41, 5.74) is 2.64. The van der Waals surface area contributed by atoms with Crippen LogP contribution in [0.3, 0.4) is 0 Å². The minimum atomic E-state index is -2.33. The number of fused-ring (bicyclic) bond motifs is 16. The van der Waals surface area contributed by atoms with Gasteiger partial charge in [0.1, 0.15) is 107 Å². The molecule has 586 valence electrons. The highest BCUT2D eigenvalue weighted by atomic mass is 35.5. The van der Waals surface area contributed by atoms with Gasteiger partial charge in [0.25, 0.3) is 0 Å². The van der Waals surface area contributed by atoms with Gasteiger partial charge in [0.2, 0.25) is 59.3 Å². The molecule has 4 saturated carbocycles. The molecule has 5 aromatic carbocycles. The van der Waals surface area contributed by atoms with Crippen LogP contribution in [0.25, 0.3) is 11.1 Å². The highest BCUT2D eigenvalue weighted by Gasteiger charge is 2.53. The van der Waals surface area contributed by atoms with E-state index in [4.69, 9.17) is 57.4 Å². The van der Waals surface area contributed by atoms with Gasteiger partial charge in [0.15, 0.2) is 17.6 Å². The van der Waals surface area contributed by atoms with Crippen molar-refractivity contribution >= 4 is 82.6 Å². The summed E-state index contributed by atoms with van der Waals surface area (Å²) < 4.78 is 36.7. The lowest BCUT2D eigenvalue weighted by Crippen LogP contribution is -2.65. The maximum atomic E-state index is 16.2. The van der Waals surface area contributed by atoms with Crippen molar-refractivity contribution in [1.82, 2.24) is 47.4 Å². The van der Waals surface area contributed by atoms with Gasteiger partial charge in [-0.05, 0) is 171 Å². The number of hydrogen-bond acceptors (Lipinski definition) is 23. The van der Waals surface area contributed by atoms with Gasteiger partial charge in [-0.3, -0.25) is 43.3 Å². The number of ether oxygens (including phenoxy) is 6. The Bertz CT molecular complexity index is 4530. The number of aromatic hydroxyl groups is 3. The normalized spacial score (nSPS) is 29.3. The Morgan fingerprint density at radius 2 is 1.26 bits per heavy atom. The number of aliphatic hydroxyl groups is 4. The fourth-order valence-electron chi connectivity index (χ4n) is 16.2. The third kappa shape index (κ3) is 16.0. The van der Waals surface area contributed by atoms with Gasteiger partial charge < -0.3 is 112 Å². The van der Waals surface area contributed by atoms with E-state index in [0.29, 0.717) is 11.8 Å². The van der Waals surface area contributed by atoms with Crippen LogP contribution in [0.2, 0.25) is 10.0 Å². The number of amides is 10. The summed E-state index contributed by atoms with van der Waals surface area (Å²) >= 11 is 14.2. The Morgan fingerprint density at radius 1 is 0.664 bits per heavy atom. The van der Waals surface area contributed by atoms with Gasteiger partial charge in [-0.15, -0.1) is 0 Å². The number of halogens is 2. The second kappa shape index (κ2) is 30.8. The maximum absolute atomic E-state index is 16.2. The topological polar surface area (TPSA) is 493 Å². The average Bonchev–Trinajstić information content (AvgIpc) is 0.754. The first-order valence-corrected chi connectivity index (χ1v) is 36.7. The largest absolute Gasteiger partial charge is 0.508 e. The molecular weight excluding hydrogens is 1480 g/mol. The fourth-order valence-corrected chi connectivity index (χ4v) is 16.6. The van der Waals surface area contributed by atoms with Crippen molar-refractivity contribution in [3.63, 3.8) is 0 Å². The van der Waals surface area contributed by atoms with Gasteiger partial charge in [0.05, 0.1) is 23.0 Å². The van der Waals surface area contributed by atoms with Crippen LogP contribution in [0.4, 0.5) is 9.59 Å². The van der Waals surface area contributed by atoms with Gasteiger partial charge >= 0.3 is 12.2 Å². The standard InChI is InChI=1S/C75H84Cl2N10O23/c1-28(2)13-43(87(6)74(104)110-75(3,4)5)66(97)85-57-59(92)32-8-11-46(40(76)20-32)105-48-22-36-23-49(63(48)108-72-62(95)61(94)64-50(107-72)27-79-73(103)109-64)106-47-12-9-33(21-41(47)77)60(93)58-71(102)84-56(69(100)81-53-34-15-29-14-30(17-34)18-35(53)16-29)39-24-37(88)25-45(90)52(39)38-19-31(7-10-44(38)89)54(67(98)86-58)83-68(99)55(36)82-65(96)42(26-51(78)91)80-70(57)101/h7-12,19-25,28-30,34-35,42-43,50,53-62,64,72,88-90,92-95H,13-18,26-27H2,1-6H3,(H2,78,91)(H,79,103)(H,80,101)(H,81,100)(H,82,96)(H,83,99)(H,84,102)(H,85,97)(H,86,98)/t29?,30?,34?,35?,42-,43+,50+,53?,54+,55+,56-,57+,58-,59+,60+,61+,62+,64+,72-/m0/s1. The molecule has 4 aliphatic carbocycles. The summed E-state index contributed by atoms with van der Waals surface area (Å²) in [4.78, 5) is 149. The summed E-state index contributed by atoms with van der Waals surface area (Å²) in [6.07, 6.45) is -11.5. The van der Waals surface area contributed by atoms with Crippen molar-refractivity contribution in [2.24, 2.45) is 35.3 Å². The summed E-state index contributed by atoms with van der Waals surface area (Å²) in [6, 6.07) is -0.210. The summed E-state index contributed by atoms with van der Waals surface area (Å²) in [5, 5.41) is 104. The van der Waals surface area contributed by atoms with Crippen molar-refractivity contribution < 1.29 is 112 Å².